The maximum Gasteiger partial charge on any atom is 0.0320 e. The maximum absolute atomic E-state index is 5.71. The van der Waals surface area contributed by atoms with Crippen molar-refractivity contribution in [2.24, 2.45) is 5.73 Å². The number of hydrogen-bond donors (Lipinski definition) is 2. The number of allylic oxidation sites excluding steroid dienone is 4. The molecule has 0 bridgehead atoms. The summed E-state index contributed by atoms with van der Waals surface area (Å²) in [5.74, 6) is 0. The SMILES string of the molecule is CC1=C(/C=C(\C)N)c2ccc(N)cc21. The van der Waals surface area contributed by atoms with E-state index in [0.717, 1.165) is 11.4 Å². The molecule has 0 unspecified atom stereocenters. The van der Waals surface area contributed by atoms with Crippen LogP contribution in [0.1, 0.15) is 25.0 Å². The molecule has 0 saturated carbocycles. The maximum atomic E-state index is 5.71. The second-order valence-electron chi connectivity index (χ2n) is 3.73. The summed E-state index contributed by atoms with van der Waals surface area (Å²) in [6.45, 7) is 3.99. The van der Waals surface area contributed by atoms with Crippen LogP contribution in [0.4, 0.5) is 5.69 Å². The van der Waals surface area contributed by atoms with Crippen LogP contribution in [-0.4, -0.2) is 0 Å². The van der Waals surface area contributed by atoms with Gasteiger partial charge in [-0.1, -0.05) is 6.07 Å². The molecule has 2 rings (SSSR count). The summed E-state index contributed by atoms with van der Waals surface area (Å²) in [6, 6.07) is 5.98. The van der Waals surface area contributed by atoms with E-state index in [2.05, 4.69) is 6.92 Å². The predicted molar refractivity (Wildman–Crippen MR) is 61.3 cm³/mol. The molecule has 2 nitrogen and oxygen atoms in total. The normalized spacial score (nSPS) is 15.1. The van der Waals surface area contributed by atoms with Gasteiger partial charge in [0.15, 0.2) is 0 Å². The molecular weight excluding hydrogens is 172 g/mol. The second kappa shape index (κ2) is 2.91. The van der Waals surface area contributed by atoms with E-state index in [1.165, 1.54) is 22.3 Å². The Kier molecular flexibility index (Phi) is 1.84. The van der Waals surface area contributed by atoms with E-state index in [9.17, 15) is 0 Å². The molecule has 0 aliphatic heterocycles. The molecule has 72 valence electrons. The zero-order chi connectivity index (χ0) is 10.3. The van der Waals surface area contributed by atoms with Gasteiger partial charge in [-0.3, -0.25) is 0 Å². The number of fused-ring (bicyclic) bond motifs is 1. The monoisotopic (exact) mass is 186 g/mol. The Bertz CT molecular complexity index is 449. The van der Waals surface area contributed by atoms with E-state index in [1.807, 2.05) is 31.2 Å². The molecule has 0 saturated heterocycles. The van der Waals surface area contributed by atoms with Crippen LogP contribution in [0.5, 0.6) is 0 Å². The van der Waals surface area contributed by atoms with Crippen molar-refractivity contribution in [2.75, 3.05) is 5.73 Å². The molecule has 0 amide bonds. The summed E-state index contributed by atoms with van der Waals surface area (Å²) < 4.78 is 0. The minimum atomic E-state index is 0.815. The molecule has 0 atom stereocenters. The fourth-order valence-corrected chi connectivity index (χ4v) is 1.81. The third-order valence-electron chi connectivity index (χ3n) is 2.51. The summed E-state index contributed by atoms with van der Waals surface area (Å²) in [5, 5.41) is 0. The Morgan fingerprint density at radius 3 is 2.64 bits per heavy atom. The number of nitrogens with two attached hydrogens (primary N) is 2. The molecule has 1 aliphatic carbocycles. The third-order valence-corrected chi connectivity index (χ3v) is 2.51. The van der Waals surface area contributed by atoms with Crippen LogP contribution in [0.3, 0.4) is 0 Å². The minimum Gasteiger partial charge on any atom is -0.402 e. The number of nitrogen functional groups attached to an aromatic ring is 1. The van der Waals surface area contributed by atoms with E-state index < -0.39 is 0 Å². The molecule has 4 N–H and O–H groups in total. The topological polar surface area (TPSA) is 52.0 Å². The lowest BCUT2D eigenvalue weighted by Gasteiger charge is -2.24. The summed E-state index contributed by atoms with van der Waals surface area (Å²) >= 11 is 0. The molecule has 1 aliphatic rings. The van der Waals surface area contributed by atoms with Gasteiger partial charge in [-0.2, -0.15) is 0 Å². The van der Waals surface area contributed by atoms with Crippen LogP contribution in [0.2, 0.25) is 0 Å². The second-order valence-corrected chi connectivity index (χ2v) is 3.73. The third kappa shape index (κ3) is 1.20. The van der Waals surface area contributed by atoms with Crippen LogP contribution in [0.25, 0.3) is 11.1 Å². The number of benzene rings is 1. The molecule has 14 heavy (non-hydrogen) atoms. The molecule has 0 heterocycles. The van der Waals surface area contributed by atoms with Gasteiger partial charge in [0.2, 0.25) is 0 Å². The quantitative estimate of drug-likeness (QED) is 0.661. The average molecular weight is 186 g/mol. The van der Waals surface area contributed by atoms with E-state index in [0.29, 0.717) is 0 Å². The van der Waals surface area contributed by atoms with E-state index in [-0.39, 0.29) is 0 Å². The predicted octanol–water partition coefficient (Wildman–Crippen LogP) is 2.38. The lowest BCUT2D eigenvalue weighted by atomic mass is 9.81. The van der Waals surface area contributed by atoms with Crippen LogP contribution in [0, 0.1) is 0 Å². The molecule has 0 radical (unpaired) electrons. The van der Waals surface area contributed by atoms with Crippen molar-refractivity contribution in [2.45, 2.75) is 13.8 Å². The van der Waals surface area contributed by atoms with Crippen LogP contribution < -0.4 is 11.5 Å². The number of hydrogen-bond acceptors (Lipinski definition) is 2. The first kappa shape index (κ1) is 8.88. The highest BCUT2D eigenvalue weighted by Gasteiger charge is 2.20. The summed E-state index contributed by atoms with van der Waals surface area (Å²) in [4.78, 5) is 0. The van der Waals surface area contributed by atoms with Crippen LogP contribution >= 0.6 is 0 Å². The van der Waals surface area contributed by atoms with Crippen molar-refractivity contribution in [3.8, 4) is 0 Å². The number of rotatable bonds is 1. The van der Waals surface area contributed by atoms with Gasteiger partial charge >= 0.3 is 0 Å². The van der Waals surface area contributed by atoms with Gasteiger partial charge in [-0.25, -0.2) is 0 Å². The van der Waals surface area contributed by atoms with Gasteiger partial charge in [0.25, 0.3) is 0 Å². The Morgan fingerprint density at radius 2 is 2.00 bits per heavy atom. The van der Waals surface area contributed by atoms with Gasteiger partial charge in [0, 0.05) is 11.4 Å². The molecule has 1 aromatic carbocycles. The average Bonchev–Trinajstić information content (AvgIpc) is 2.14. The molecule has 1 aromatic rings. The van der Waals surface area contributed by atoms with Crippen molar-refractivity contribution >= 4 is 16.8 Å². The first-order valence-electron chi connectivity index (χ1n) is 4.64. The van der Waals surface area contributed by atoms with Gasteiger partial charge in [0.05, 0.1) is 0 Å². The molecule has 0 fully saturated rings. The first-order valence-corrected chi connectivity index (χ1v) is 4.64. The zero-order valence-corrected chi connectivity index (χ0v) is 8.46. The lowest BCUT2D eigenvalue weighted by molar-refractivity contribution is 1.31. The van der Waals surface area contributed by atoms with Gasteiger partial charge in [0.1, 0.15) is 0 Å². The Hall–Kier alpha value is -1.70. The fraction of sp³-hybridized carbons (Fsp3) is 0.167. The van der Waals surface area contributed by atoms with Crippen molar-refractivity contribution < 1.29 is 0 Å². The van der Waals surface area contributed by atoms with Crippen molar-refractivity contribution in [1.29, 1.82) is 0 Å². The summed E-state index contributed by atoms with van der Waals surface area (Å²) in [6.07, 6.45) is 2.01. The van der Waals surface area contributed by atoms with Crippen LogP contribution in [-0.2, 0) is 0 Å². The van der Waals surface area contributed by atoms with Gasteiger partial charge in [-0.05, 0) is 54.3 Å². The van der Waals surface area contributed by atoms with Crippen molar-refractivity contribution in [3.63, 3.8) is 0 Å². The fourth-order valence-electron chi connectivity index (χ4n) is 1.81. The molecule has 2 heteroatoms. The Labute approximate surface area is 83.9 Å². The van der Waals surface area contributed by atoms with E-state index in [1.54, 1.807) is 0 Å². The van der Waals surface area contributed by atoms with Gasteiger partial charge in [-0.15, -0.1) is 0 Å². The van der Waals surface area contributed by atoms with Gasteiger partial charge < -0.3 is 11.5 Å². The summed E-state index contributed by atoms with van der Waals surface area (Å²) in [5.41, 5.74) is 18.0. The first-order chi connectivity index (χ1) is 6.59. The lowest BCUT2D eigenvalue weighted by Crippen LogP contribution is -2.05. The van der Waals surface area contributed by atoms with E-state index >= 15 is 0 Å². The molecule has 0 spiro atoms. The van der Waals surface area contributed by atoms with Crippen molar-refractivity contribution in [1.82, 2.24) is 0 Å². The highest BCUT2D eigenvalue weighted by atomic mass is 14.6. The summed E-state index contributed by atoms with van der Waals surface area (Å²) in [7, 11) is 0. The Morgan fingerprint density at radius 1 is 1.29 bits per heavy atom. The van der Waals surface area contributed by atoms with Crippen LogP contribution in [0.15, 0.2) is 30.0 Å². The standard InChI is InChI=1S/C12H14N2/c1-7(13)5-11-8(2)12-6-9(14)3-4-10(11)12/h3-6H,13-14H2,1-2H3/b7-5+. The highest BCUT2D eigenvalue weighted by molar-refractivity contribution is 6.07. The number of anilines is 1. The minimum absolute atomic E-state index is 0.815. The Balaban J connectivity index is 2.47. The molecule has 0 aromatic heterocycles. The molecular formula is C12H14N2. The van der Waals surface area contributed by atoms with E-state index in [4.69, 9.17) is 11.5 Å². The van der Waals surface area contributed by atoms with Crippen molar-refractivity contribution in [3.05, 3.63) is 41.1 Å². The smallest absolute Gasteiger partial charge is 0.0320 e. The zero-order valence-electron chi connectivity index (χ0n) is 8.46. The largest absolute Gasteiger partial charge is 0.402 e. The highest BCUT2D eigenvalue weighted by Crippen LogP contribution is 2.41.